The second kappa shape index (κ2) is 9.79. The van der Waals surface area contributed by atoms with Gasteiger partial charge in [0.25, 0.3) is 0 Å². The molecule has 5 rings (SSSR count). The molecule has 0 radical (unpaired) electrons. The van der Waals surface area contributed by atoms with Gasteiger partial charge in [-0.15, -0.1) is 0 Å². The van der Waals surface area contributed by atoms with Crippen LogP contribution in [0.4, 0.5) is 20.2 Å². The van der Waals surface area contributed by atoms with Gasteiger partial charge >= 0.3 is 0 Å². The third-order valence-corrected chi connectivity index (χ3v) is 6.12. The number of fused-ring (bicyclic) bond motifs is 1. The van der Waals surface area contributed by atoms with Crippen LogP contribution in [0, 0.1) is 11.6 Å². The molecule has 1 aliphatic rings. The molecule has 9 heteroatoms. The molecule has 1 unspecified atom stereocenters. The fraction of sp³-hybridized carbons (Fsp3) is 0.200. The van der Waals surface area contributed by atoms with E-state index in [0.717, 1.165) is 33.6 Å². The third-order valence-electron chi connectivity index (χ3n) is 5.87. The van der Waals surface area contributed by atoms with Crippen LogP contribution in [0.2, 0.25) is 5.02 Å². The van der Waals surface area contributed by atoms with Crippen LogP contribution in [-0.4, -0.2) is 26.3 Å². The van der Waals surface area contributed by atoms with Crippen molar-refractivity contribution in [2.75, 3.05) is 17.3 Å². The highest BCUT2D eigenvalue weighted by molar-refractivity contribution is 6.30. The van der Waals surface area contributed by atoms with Crippen LogP contribution in [0.1, 0.15) is 22.6 Å². The van der Waals surface area contributed by atoms with Crippen molar-refractivity contribution in [1.29, 1.82) is 0 Å². The molecular weight excluding hydrogens is 458 g/mol. The van der Waals surface area contributed by atoms with E-state index in [-0.39, 0.29) is 5.92 Å². The first-order valence-corrected chi connectivity index (χ1v) is 11.3. The molecule has 1 atom stereocenters. The van der Waals surface area contributed by atoms with E-state index >= 15 is 0 Å². The molecule has 0 saturated carbocycles. The van der Waals surface area contributed by atoms with Gasteiger partial charge in [0.1, 0.15) is 24.3 Å². The number of nitrogens with zero attached hydrogens (tertiary/aromatic N) is 4. The molecular formula is C25H23ClF2N6. The van der Waals surface area contributed by atoms with E-state index in [4.69, 9.17) is 11.6 Å². The van der Waals surface area contributed by atoms with E-state index in [1.165, 1.54) is 18.5 Å². The number of halogens is 3. The number of anilines is 2. The van der Waals surface area contributed by atoms with Crippen LogP contribution in [0.5, 0.6) is 0 Å². The van der Waals surface area contributed by atoms with Crippen molar-refractivity contribution < 1.29 is 8.78 Å². The highest BCUT2D eigenvalue weighted by Gasteiger charge is 2.25. The van der Waals surface area contributed by atoms with Crippen molar-refractivity contribution in [3.63, 3.8) is 0 Å². The average molecular weight is 481 g/mol. The van der Waals surface area contributed by atoms with Gasteiger partial charge in [-0.3, -0.25) is 4.68 Å². The van der Waals surface area contributed by atoms with Crippen LogP contribution in [0.25, 0.3) is 0 Å². The summed E-state index contributed by atoms with van der Waals surface area (Å²) in [4.78, 5) is 3.98. The van der Waals surface area contributed by atoms with Gasteiger partial charge in [-0.25, -0.2) is 18.8 Å². The fourth-order valence-corrected chi connectivity index (χ4v) is 4.31. The van der Waals surface area contributed by atoms with Gasteiger partial charge in [0.2, 0.25) is 0 Å². The van der Waals surface area contributed by atoms with Crippen molar-refractivity contribution in [3.05, 3.63) is 107 Å². The maximum Gasteiger partial charge on any atom is 0.137 e. The Morgan fingerprint density at radius 1 is 1.03 bits per heavy atom. The lowest BCUT2D eigenvalue weighted by molar-refractivity contribution is 0.296. The number of hydrogen-bond donors (Lipinski definition) is 2. The minimum atomic E-state index is -0.592. The van der Waals surface area contributed by atoms with E-state index in [1.54, 1.807) is 11.0 Å². The summed E-state index contributed by atoms with van der Waals surface area (Å²) in [6.07, 6.45) is 3.04. The lowest BCUT2D eigenvalue weighted by Crippen LogP contribution is -2.31. The Morgan fingerprint density at radius 3 is 2.65 bits per heavy atom. The Hall–Kier alpha value is -3.49. The fourth-order valence-electron chi connectivity index (χ4n) is 4.18. The third kappa shape index (κ3) is 5.18. The van der Waals surface area contributed by atoms with Gasteiger partial charge in [0.15, 0.2) is 0 Å². The molecule has 3 aromatic carbocycles. The molecule has 0 bridgehead atoms. The van der Waals surface area contributed by atoms with Crippen LogP contribution >= 0.6 is 11.6 Å². The summed E-state index contributed by atoms with van der Waals surface area (Å²) in [7, 11) is 0. The van der Waals surface area contributed by atoms with E-state index in [2.05, 4.69) is 26.9 Å². The molecule has 174 valence electrons. The first kappa shape index (κ1) is 22.3. The summed E-state index contributed by atoms with van der Waals surface area (Å²) < 4.78 is 29.8. The normalized spacial score (nSPS) is 14.0. The predicted octanol–water partition coefficient (Wildman–Crippen LogP) is 5.45. The molecule has 0 fully saturated rings. The Morgan fingerprint density at radius 2 is 1.88 bits per heavy atom. The maximum absolute atomic E-state index is 14.6. The van der Waals surface area contributed by atoms with Crippen molar-refractivity contribution in [3.8, 4) is 0 Å². The lowest BCUT2D eigenvalue weighted by atomic mass is 9.98. The Labute approximate surface area is 201 Å². The number of nitrogens with one attached hydrogen (secondary N) is 2. The highest BCUT2D eigenvalue weighted by Crippen LogP contribution is 2.31. The summed E-state index contributed by atoms with van der Waals surface area (Å²) in [5, 5.41) is 10.4. The first-order valence-electron chi connectivity index (χ1n) is 10.9. The lowest BCUT2D eigenvalue weighted by Gasteiger charge is -2.24. The average Bonchev–Trinajstić information content (AvgIpc) is 3.47. The molecule has 1 aliphatic heterocycles. The van der Waals surface area contributed by atoms with Crippen molar-refractivity contribution in [2.45, 2.75) is 25.6 Å². The first-order chi connectivity index (χ1) is 16.5. The Kier molecular flexibility index (Phi) is 6.42. The van der Waals surface area contributed by atoms with Crippen molar-refractivity contribution in [2.24, 2.45) is 0 Å². The van der Waals surface area contributed by atoms with Gasteiger partial charge in [0.05, 0.1) is 12.2 Å². The number of aromatic nitrogens is 3. The largest absolute Gasteiger partial charge is 0.381 e. The molecule has 2 heterocycles. The summed E-state index contributed by atoms with van der Waals surface area (Å²) in [5.41, 5.74) is 8.15. The predicted molar refractivity (Wildman–Crippen MR) is 128 cm³/mol. The Balaban J connectivity index is 1.28. The smallest absolute Gasteiger partial charge is 0.137 e. The van der Waals surface area contributed by atoms with Crippen LogP contribution < -0.4 is 10.7 Å². The molecule has 4 aromatic rings. The zero-order valence-corrected chi connectivity index (χ0v) is 19.0. The topological polar surface area (TPSA) is 58.0 Å². The van der Waals surface area contributed by atoms with Gasteiger partial charge in [-0.2, -0.15) is 5.10 Å². The van der Waals surface area contributed by atoms with Crippen LogP contribution in [0.15, 0.2) is 73.3 Å². The van der Waals surface area contributed by atoms with E-state index in [1.807, 2.05) is 41.4 Å². The summed E-state index contributed by atoms with van der Waals surface area (Å²) >= 11 is 5.96. The van der Waals surface area contributed by atoms with Crippen LogP contribution in [-0.2, 0) is 19.6 Å². The molecule has 0 amide bonds. The molecule has 6 nitrogen and oxygen atoms in total. The number of benzene rings is 3. The van der Waals surface area contributed by atoms with Crippen LogP contribution in [0.3, 0.4) is 0 Å². The van der Waals surface area contributed by atoms with Crippen molar-refractivity contribution in [1.82, 2.24) is 19.8 Å². The van der Waals surface area contributed by atoms with Gasteiger partial charge in [-0.1, -0.05) is 29.8 Å². The second-order valence-electron chi connectivity index (χ2n) is 8.32. The zero-order valence-electron chi connectivity index (χ0n) is 18.3. The minimum absolute atomic E-state index is 0.258. The molecule has 0 spiro atoms. The maximum atomic E-state index is 14.6. The standard InChI is InChI=1S/C25H23ClF2N6/c26-20-3-1-17(2-4-20)11-30-22-6-8-25-18(9-22)12-33(32-25)13-19(14-34-16-29-15-31-34)23-7-5-21(27)10-24(23)28/h1-10,15-16,19,30,32H,11-14H2. The molecule has 1 aromatic heterocycles. The van der Waals surface area contributed by atoms with E-state index in [0.29, 0.717) is 31.7 Å². The molecule has 0 saturated heterocycles. The molecule has 0 aliphatic carbocycles. The van der Waals surface area contributed by atoms with Gasteiger partial charge < -0.3 is 10.7 Å². The van der Waals surface area contributed by atoms with E-state index < -0.39 is 11.6 Å². The zero-order chi connectivity index (χ0) is 23.5. The number of rotatable bonds is 8. The van der Waals surface area contributed by atoms with Gasteiger partial charge in [-0.05, 0) is 53.1 Å². The second-order valence-corrected chi connectivity index (χ2v) is 8.76. The highest BCUT2D eigenvalue weighted by atomic mass is 35.5. The summed E-state index contributed by atoms with van der Waals surface area (Å²) in [5.74, 6) is -1.41. The number of hydrogen-bond acceptors (Lipinski definition) is 5. The Bertz CT molecular complexity index is 1260. The SMILES string of the molecule is Fc1ccc(C(CN2Cc3cc(NCc4ccc(Cl)cc4)ccc3N2)Cn2cncn2)c(F)c1. The molecule has 34 heavy (non-hydrogen) atoms. The monoisotopic (exact) mass is 480 g/mol. The number of hydrazine groups is 1. The van der Waals surface area contributed by atoms with E-state index in [9.17, 15) is 8.78 Å². The summed E-state index contributed by atoms with van der Waals surface area (Å²) in [6.45, 7) is 2.27. The minimum Gasteiger partial charge on any atom is -0.381 e. The van der Waals surface area contributed by atoms with Gasteiger partial charge in [0, 0.05) is 42.3 Å². The summed E-state index contributed by atoms with van der Waals surface area (Å²) in [6, 6.07) is 17.6. The molecule has 2 N–H and O–H groups in total. The quantitative estimate of drug-likeness (QED) is 0.351. The van der Waals surface area contributed by atoms with Crippen molar-refractivity contribution >= 4 is 23.0 Å².